The summed E-state index contributed by atoms with van der Waals surface area (Å²) in [6.45, 7) is 4.72. The lowest BCUT2D eigenvalue weighted by atomic mass is 9.93. The van der Waals surface area contributed by atoms with E-state index in [4.69, 9.17) is 4.74 Å². The van der Waals surface area contributed by atoms with E-state index in [0.29, 0.717) is 32.6 Å². The summed E-state index contributed by atoms with van der Waals surface area (Å²) in [4.78, 5) is 38.1. The summed E-state index contributed by atoms with van der Waals surface area (Å²) in [6, 6.07) is 17.2. The van der Waals surface area contributed by atoms with Crippen LogP contribution in [0.2, 0.25) is 0 Å². The molecule has 1 saturated heterocycles. The first-order chi connectivity index (χ1) is 15.0. The smallest absolute Gasteiger partial charge is 0.325 e. The van der Waals surface area contributed by atoms with E-state index in [1.165, 1.54) is 0 Å². The molecule has 7 heteroatoms. The van der Waals surface area contributed by atoms with Gasteiger partial charge in [0.2, 0.25) is 5.91 Å². The molecule has 3 rings (SSSR count). The predicted molar refractivity (Wildman–Crippen MR) is 117 cm³/mol. The van der Waals surface area contributed by atoms with Crippen molar-refractivity contribution in [2.24, 2.45) is 0 Å². The van der Waals surface area contributed by atoms with Crippen LogP contribution < -0.4 is 10.6 Å². The van der Waals surface area contributed by atoms with Crippen LogP contribution >= 0.6 is 0 Å². The topological polar surface area (TPSA) is 87.7 Å². The van der Waals surface area contributed by atoms with Crippen molar-refractivity contribution in [2.75, 3.05) is 6.54 Å². The van der Waals surface area contributed by atoms with Crippen LogP contribution in [0.15, 0.2) is 54.6 Å². The number of hydrogen-bond donors (Lipinski definition) is 2. The first kappa shape index (κ1) is 22.5. The number of rotatable bonds is 10. The Morgan fingerprint density at radius 2 is 1.61 bits per heavy atom. The largest absolute Gasteiger partial charge is 0.372 e. The highest BCUT2D eigenvalue weighted by Gasteiger charge is 2.49. The molecule has 2 N–H and O–H groups in total. The lowest BCUT2D eigenvalue weighted by Gasteiger charge is -2.23. The molecule has 0 atom stereocenters. The van der Waals surface area contributed by atoms with Gasteiger partial charge in [0.25, 0.3) is 5.91 Å². The third kappa shape index (κ3) is 5.49. The Bertz CT molecular complexity index is 925. The molecule has 0 spiro atoms. The molecule has 1 fully saturated rings. The zero-order chi connectivity index (χ0) is 22.3. The molecule has 0 unspecified atom stereocenters. The predicted octanol–water partition coefficient (Wildman–Crippen LogP) is 3.13. The van der Waals surface area contributed by atoms with Crippen LogP contribution in [0.1, 0.15) is 43.4 Å². The van der Waals surface area contributed by atoms with Crippen LogP contribution in [0.5, 0.6) is 0 Å². The zero-order valence-electron chi connectivity index (χ0n) is 18.0. The average molecular weight is 424 g/mol. The fourth-order valence-electron chi connectivity index (χ4n) is 3.64. The number of amides is 4. The third-order valence-electron chi connectivity index (χ3n) is 5.62. The Kier molecular flexibility index (Phi) is 7.41. The van der Waals surface area contributed by atoms with Gasteiger partial charge in [-0.1, -0.05) is 68.4 Å². The van der Waals surface area contributed by atoms with E-state index < -0.39 is 11.6 Å². The van der Waals surface area contributed by atoms with E-state index in [1.54, 1.807) is 0 Å². The van der Waals surface area contributed by atoms with Crippen molar-refractivity contribution in [1.82, 2.24) is 15.5 Å². The number of carbonyl (C=O) groups excluding carboxylic acids is 3. The van der Waals surface area contributed by atoms with Gasteiger partial charge in [-0.05, 0) is 29.5 Å². The molecule has 0 aliphatic carbocycles. The van der Waals surface area contributed by atoms with Gasteiger partial charge in [-0.15, -0.1) is 0 Å². The molecule has 0 saturated carbocycles. The monoisotopic (exact) mass is 423 g/mol. The van der Waals surface area contributed by atoms with Crippen LogP contribution in [-0.2, 0) is 34.1 Å². The minimum atomic E-state index is -0.897. The van der Waals surface area contributed by atoms with Crippen molar-refractivity contribution in [2.45, 2.75) is 52.0 Å². The van der Waals surface area contributed by atoms with Crippen LogP contribution in [0.25, 0.3) is 0 Å². The van der Waals surface area contributed by atoms with Gasteiger partial charge in [0, 0.05) is 6.54 Å². The Labute approximate surface area is 182 Å². The van der Waals surface area contributed by atoms with Gasteiger partial charge in [0.05, 0.1) is 13.2 Å². The van der Waals surface area contributed by atoms with E-state index >= 15 is 0 Å². The molecule has 31 heavy (non-hydrogen) atoms. The van der Waals surface area contributed by atoms with Crippen LogP contribution in [0.3, 0.4) is 0 Å². The second-order valence-corrected chi connectivity index (χ2v) is 7.69. The van der Waals surface area contributed by atoms with Crippen molar-refractivity contribution in [3.05, 3.63) is 71.3 Å². The van der Waals surface area contributed by atoms with E-state index in [1.807, 2.05) is 68.4 Å². The minimum absolute atomic E-state index is 0.285. The van der Waals surface area contributed by atoms with Crippen molar-refractivity contribution in [3.8, 4) is 0 Å². The molecular formula is C24H29N3O4. The molecular weight excluding hydrogens is 394 g/mol. The first-order valence-electron chi connectivity index (χ1n) is 10.6. The summed E-state index contributed by atoms with van der Waals surface area (Å²) in [5.74, 6) is -0.715. The summed E-state index contributed by atoms with van der Waals surface area (Å²) < 4.78 is 5.76. The number of nitrogens with zero attached hydrogens (tertiary/aromatic N) is 1. The molecule has 2 aromatic carbocycles. The highest BCUT2D eigenvalue weighted by atomic mass is 16.5. The number of ether oxygens (including phenoxy) is 1. The number of imide groups is 1. The maximum Gasteiger partial charge on any atom is 0.325 e. The van der Waals surface area contributed by atoms with Gasteiger partial charge in [0.1, 0.15) is 12.1 Å². The Morgan fingerprint density at radius 3 is 2.29 bits per heavy atom. The summed E-state index contributed by atoms with van der Waals surface area (Å²) in [7, 11) is 0. The lowest BCUT2D eigenvalue weighted by Crippen LogP contribution is -2.46. The Balaban J connectivity index is 1.48. The van der Waals surface area contributed by atoms with Gasteiger partial charge < -0.3 is 15.4 Å². The Morgan fingerprint density at radius 1 is 0.968 bits per heavy atom. The highest BCUT2D eigenvalue weighted by molar-refractivity contribution is 6.08. The Hall–Kier alpha value is -3.19. The minimum Gasteiger partial charge on any atom is -0.372 e. The number of nitrogens with one attached hydrogen (secondary N) is 2. The van der Waals surface area contributed by atoms with Gasteiger partial charge >= 0.3 is 6.03 Å². The fraction of sp³-hybridized carbons (Fsp3) is 0.375. The maximum atomic E-state index is 12.6. The molecule has 0 aromatic heterocycles. The fourth-order valence-corrected chi connectivity index (χ4v) is 3.64. The number of urea groups is 1. The molecule has 0 bridgehead atoms. The quantitative estimate of drug-likeness (QED) is 0.575. The second kappa shape index (κ2) is 10.2. The lowest BCUT2D eigenvalue weighted by molar-refractivity contribution is -0.135. The molecule has 164 valence electrons. The van der Waals surface area contributed by atoms with Gasteiger partial charge in [-0.2, -0.15) is 0 Å². The molecule has 1 heterocycles. The van der Waals surface area contributed by atoms with Gasteiger partial charge in [-0.3, -0.25) is 14.5 Å². The molecule has 2 aromatic rings. The molecule has 1 aliphatic rings. The van der Waals surface area contributed by atoms with Crippen molar-refractivity contribution in [3.63, 3.8) is 0 Å². The van der Waals surface area contributed by atoms with Crippen LogP contribution in [-0.4, -0.2) is 34.8 Å². The standard InChI is InChI=1S/C24H29N3O4/c1-3-24(4-2)22(29)27(23(30)26-24)15-21(28)25-14-19-11-8-12-20(13-19)17-31-16-18-9-6-5-7-10-18/h5-13H,3-4,14-17H2,1-2H3,(H,25,28)(H,26,30). The van der Waals surface area contributed by atoms with Crippen molar-refractivity contribution < 1.29 is 19.1 Å². The normalized spacial score (nSPS) is 15.1. The molecule has 0 radical (unpaired) electrons. The van der Waals surface area contributed by atoms with Crippen molar-refractivity contribution >= 4 is 17.8 Å². The van der Waals surface area contributed by atoms with Crippen LogP contribution in [0, 0.1) is 0 Å². The van der Waals surface area contributed by atoms with E-state index in [2.05, 4.69) is 10.6 Å². The number of hydrogen-bond acceptors (Lipinski definition) is 4. The molecule has 4 amide bonds. The van der Waals surface area contributed by atoms with Crippen LogP contribution in [0.4, 0.5) is 4.79 Å². The van der Waals surface area contributed by atoms with E-state index in [9.17, 15) is 14.4 Å². The first-order valence-corrected chi connectivity index (χ1v) is 10.6. The number of benzene rings is 2. The van der Waals surface area contributed by atoms with E-state index in [-0.39, 0.29) is 18.4 Å². The third-order valence-corrected chi connectivity index (χ3v) is 5.62. The molecule has 1 aliphatic heterocycles. The average Bonchev–Trinajstić information content (AvgIpc) is 3.03. The van der Waals surface area contributed by atoms with Gasteiger partial charge in [-0.25, -0.2) is 4.79 Å². The number of carbonyl (C=O) groups is 3. The van der Waals surface area contributed by atoms with Crippen molar-refractivity contribution in [1.29, 1.82) is 0 Å². The summed E-state index contributed by atoms with van der Waals surface area (Å²) in [5.41, 5.74) is 2.14. The van der Waals surface area contributed by atoms with E-state index in [0.717, 1.165) is 21.6 Å². The highest BCUT2D eigenvalue weighted by Crippen LogP contribution is 2.24. The molecule has 7 nitrogen and oxygen atoms in total. The summed E-state index contributed by atoms with van der Waals surface area (Å²) >= 11 is 0. The summed E-state index contributed by atoms with van der Waals surface area (Å²) in [6.07, 6.45) is 0.983. The zero-order valence-corrected chi connectivity index (χ0v) is 18.0. The second-order valence-electron chi connectivity index (χ2n) is 7.69. The summed E-state index contributed by atoms with van der Waals surface area (Å²) in [5, 5.41) is 5.51. The maximum absolute atomic E-state index is 12.6. The SMILES string of the molecule is CCC1(CC)NC(=O)N(CC(=O)NCc2cccc(COCc3ccccc3)c2)C1=O. The van der Waals surface area contributed by atoms with Gasteiger partial charge in [0.15, 0.2) is 0 Å².